The van der Waals surface area contributed by atoms with E-state index < -0.39 is 0 Å². The number of benzene rings is 1. The number of ether oxygens (including phenoxy) is 2. The Hall–Kier alpha value is -1.53. The zero-order chi connectivity index (χ0) is 13.1. The molecule has 0 saturated heterocycles. The Morgan fingerprint density at radius 2 is 2.11 bits per heavy atom. The molecule has 2 N–H and O–H groups in total. The van der Waals surface area contributed by atoms with Gasteiger partial charge in [0.2, 0.25) is 0 Å². The van der Waals surface area contributed by atoms with E-state index in [4.69, 9.17) is 14.6 Å². The summed E-state index contributed by atoms with van der Waals surface area (Å²) in [4.78, 5) is 7.23. The molecule has 2 aromatic rings. The Balaban J connectivity index is 2.58. The molecule has 2 rings (SSSR count). The van der Waals surface area contributed by atoms with Crippen molar-refractivity contribution in [1.29, 1.82) is 0 Å². The molecule has 1 aromatic carbocycles. The number of aliphatic hydroxyl groups is 1. The fraction of sp³-hybridized carbons (Fsp3) is 0.250. The van der Waals surface area contributed by atoms with Crippen molar-refractivity contribution in [3.63, 3.8) is 0 Å². The van der Waals surface area contributed by atoms with Crippen LogP contribution in [0.25, 0.3) is 11.4 Å². The van der Waals surface area contributed by atoms with Crippen molar-refractivity contribution in [2.24, 2.45) is 0 Å². The minimum absolute atomic E-state index is 0.0829. The van der Waals surface area contributed by atoms with Gasteiger partial charge in [0.15, 0.2) is 11.5 Å². The first-order chi connectivity index (χ1) is 8.69. The minimum Gasteiger partial charge on any atom is -0.493 e. The van der Waals surface area contributed by atoms with Crippen LogP contribution in [0.3, 0.4) is 0 Å². The van der Waals surface area contributed by atoms with Crippen molar-refractivity contribution in [2.45, 2.75) is 6.61 Å². The number of aromatic amines is 1. The van der Waals surface area contributed by atoms with E-state index in [1.807, 2.05) is 12.1 Å². The lowest BCUT2D eigenvalue weighted by atomic mass is 10.1. The second-order valence-corrected chi connectivity index (χ2v) is 4.52. The topological polar surface area (TPSA) is 67.4 Å². The number of nitrogens with one attached hydrogen (secondary N) is 1. The van der Waals surface area contributed by atoms with E-state index in [1.165, 1.54) is 0 Å². The molecule has 0 aliphatic heterocycles. The summed E-state index contributed by atoms with van der Waals surface area (Å²) in [6, 6.07) is 3.69. The van der Waals surface area contributed by atoms with Gasteiger partial charge in [-0.05, 0) is 12.1 Å². The molecule has 1 heterocycles. The Bertz CT molecular complexity index is 554. The zero-order valence-corrected chi connectivity index (χ0v) is 11.6. The van der Waals surface area contributed by atoms with Gasteiger partial charge in [-0.15, -0.1) is 0 Å². The summed E-state index contributed by atoms with van der Waals surface area (Å²) in [5.74, 6) is 1.83. The number of hydrogen-bond acceptors (Lipinski definition) is 4. The van der Waals surface area contributed by atoms with Crippen molar-refractivity contribution >= 4 is 15.9 Å². The largest absolute Gasteiger partial charge is 0.493 e. The summed E-state index contributed by atoms with van der Waals surface area (Å²) >= 11 is 3.41. The highest BCUT2D eigenvalue weighted by molar-refractivity contribution is 9.10. The van der Waals surface area contributed by atoms with Gasteiger partial charge in [0, 0.05) is 4.47 Å². The van der Waals surface area contributed by atoms with Gasteiger partial charge in [-0.2, -0.15) is 0 Å². The minimum atomic E-state index is -0.0829. The van der Waals surface area contributed by atoms with Crippen molar-refractivity contribution in [1.82, 2.24) is 9.97 Å². The van der Waals surface area contributed by atoms with E-state index in [0.29, 0.717) is 23.0 Å². The second-order valence-electron chi connectivity index (χ2n) is 3.60. The molecule has 1 aromatic heterocycles. The number of imidazole rings is 1. The molecule has 18 heavy (non-hydrogen) atoms. The van der Waals surface area contributed by atoms with Crippen molar-refractivity contribution in [3.05, 3.63) is 28.5 Å². The fourth-order valence-corrected chi connectivity index (χ4v) is 2.12. The first-order valence-corrected chi connectivity index (χ1v) is 6.05. The molecule has 0 aliphatic carbocycles. The molecule has 0 radical (unpaired) electrons. The summed E-state index contributed by atoms with van der Waals surface area (Å²) in [6.45, 7) is -0.0829. The summed E-state index contributed by atoms with van der Waals surface area (Å²) in [5, 5.41) is 9.04. The molecule has 0 amide bonds. The third-order valence-corrected chi connectivity index (χ3v) is 2.96. The van der Waals surface area contributed by atoms with Crippen LogP contribution in [0.5, 0.6) is 11.5 Å². The molecular formula is C12H13BrN2O3. The lowest BCUT2D eigenvalue weighted by Gasteiger charge is -2.12. The first kappa shape index (κ1) is 12.9. The highest BCUT2D eigenvalue weighted by Gasteiger charge is 2.15. The number of aromatic nitrogens is 2. The van der Waals surface area contributed by atoms with Crippen LogP contribution >= 0.6 is 15.9 Å². The van der Waals surface area contributed by atoms with Crippen LogP contribution in [0.15, 0.2) is 22.8 Å². The molecule has 0 unspecified atom stereocenters. The normalized spacial score (nSPS) is 10.4. The number of rotatable bonds is 4. The van der Waals surface area contributed by atoms with E-state index in [2.05, 4.69) is 25.9 Å². The lowest BCUT2D eigenvalue weighted by Crippen LogP contribution is -1.95. The molecule has 0 aliphatic rings. The second kappa shape index (κ2) is 5.41. The molecular weight excluding hydrogens is 300 g/mol. The van der Waals surface area contributed by atoms with E-state index >= 15 is 0 Å². The number of aliphatic hydroxyl groups excluding tert-OH is 1. The van der Waals surface area contributed by atoms with Gasteiger partial charge in [0.25, 0.3) is 0 Å². The Kier molecular flexibility index (Phi) is 3.88. The average Bonchev–Trinajstić information content (AvgIpc) is 2.86. The maximum atomic E-state index is 9.04. The molecule has 0 bridgehead atoms. The van der Waals surface area contributed by atoms with E-state index in [1.54, 1.807) is 20.4 Å². The van der Waals surface area contributed by atoms with Crippen LogP contribution in [-0.4, -0.2) is 29.3 Å². The SMILES string of the molecule is COc1cc(Br)cc(-c2ncc(CO)[nH]2)c1OC. The van der Waals surface area contributed by atoms with Gasteiger partial charge < -0.3 is 19.6 Å². The Morgan fingerprint density at radius 1 is 1.33 bits per heavy atom. The lowest BCUT2D eigenvalue weighted by molar-refractivity contribution is 0.277. The predicted molar refractivity (Wildman–Crippen MR) is 70.8 cm³/mol. The van der Waals surface area contributed by atoms with Crippen molar-refractivity contribution in [3.8, 4) is 22.9 Å². The Morgan fingerprint density at radius 3 is 2.67 bits per heavy atom. The monoisotopic (exact) mass is 312 g/mol. The molecule has 0 atom stereocenters. The third kappa shape index (κ3) is 2.34. The van der Waals surface area contributed by atoms with E-state index in [9.17, 15) is 0 Å². The predicted octanol–water partition coefficient (Wildman–Crippen LogP) is 2.35. The number of halogens is 1. The van der Waals surface area contributed by atoms with Gasteiger partial charge >= 0.3 is 0 Å². The highest BCUT2D eigenvalue weighted by Crippen LogP contribution is 2.39. The summed E-state index contributed by atoms with van der Waals surface area (Å²) in [6.07, 6.45) is 1.59. The molecule has 0 saturated carbocycles. The number of hydrogen-bond donors (Lipinski definition) is 2. The van der Waals surface area contributed by atoms with Crippen LogP contribution in [0.4, 0.5) is 0 Å². The van der Waals surface area contributed by atoms with E-state index in [-0.39, 0.29) is 6.61 Å². The van der Waals surface area contributed by atoms with Crippen LogP contribution in [-0.2, 0) is 6.61 Å². The van der Waals surface area contributed by atoms with Gasteiger partial charge in [0.1, 0.15) is 5.82 Å². The molecule has 6 heteroatoms. The summed E-state index contributed by atoms with van der Waals surface area (Å²) < 4.78 is 11.5. The van der Waals surface area contributed by atoms with Gasteiger partial charge in [-0.3, -0.25) is 0 Å². The number of H-pyrrole nitrogens is 1. The number of nitrogens with zero attached hydrogens (tertiary/aromatic N) is 1. The standard InChI is InChI=1S/C12H13BrN2O3/c1-17-10-4-7(13)3-9(11(10)18-2)12-14-5-8(6-16)15-12/h3-5,16H,6H2,1-2H3,(H,14,15). The van der Waals surface area contributed by atoms with Gasteiger partial charge in [-0.1, -0.05) is 15.9 Å². The maximum Gasteiger partial charge on any atom is 0.171 e. The summed E-state index contributed by atoms with van der Waals surface area (Å²) in [5.41, 5.74) is 1.41. The van der Waals surface area contributed by atoms with Crippen LogP contribution in [0, 0.1) is 0 Å². The zero-order valence-electron chi connectivity index (χ0n) is 10.0. The first-order valence-electron chi connectivity index (χ1n) is 5.26. The van der Waals surface area contributed by atoms with E-state index in [0.717, 1.165) is 10.0 Å². The number of methoxy groups -OCH3 is 2. The maximum absolute atomic E-state index is 9.04. The van der Waals surface area contributed by atoms with Gasteiger partial charge in [-0.25, -0.2) is 4.98 Å². The quantitative estimate of drug-likeness (QED) is 0.909. The smallest absolute Gasteiger partial charge is 0.171 e. The highest BCUT2D eigenvalue weighted by atomic mass is 79.9. The van der Waals surface area contributed by atoms with Crippen LogP contribution in [0.2, 0.25) is 0 Å². The molecule has 96 valence electrons. The van der Waals surface area contributed by atoms with Crippen LogP contribution < -0.4 is 9.47 Å². The molecule has 0 spiro atoms. The van der Waals surface area contributed by atoms with Crippen LogP contribution in [0.1, 0.15) is 5.69 Å². The van der Waals surface area contributed by atoms with Crippen molar-refractivity contribution in [2.75, 3.05) is 14.2 Å². The third-order valence-electron chi connectivity index (χ3n) is 2.50. The average molecular weight is 313 g/mol. The summed E-state index contributed by atoms with van der Waals surface area (Å²) in [7, 11) is 3.15. The molecule has 0 fully saturated rings. The fourth-order valence-electron chi connectivity index (χ4n) is 1.68. The van der Waals surface area contributed by atoms with Gasteiger partial charge in [0.05, 0.1) is 38.3 Å². The molecule has 5 nitrogen and oxygen atoms in total. The Labute approximate surface area is 113 Å². The van der Waals surface area contributed by atoms with Crippen molar-refractivity contribution < 1.29 is 14.6 Å².